The first-order valence-electron chi connectivity index (χ1n) is 7.32. The SMILES string of the molecule is O=C(NCCNc1ncnc2ccc(Br)cc12)c1ccccc1F. The van der Waals surface area contributed by atoms with Gasteiger partial charge in [-0.1, -0.05) is 28.1 Å². The molecular formula is C17H14BrFN4O. The Labute approximate surface area is 146 Å². The number of aromatic nitrogens is 2. The molecule has 1 amide bonds. The second kappa shape index (κ2) is 7.35. The van der Waals surface area contributed by atoms with Gasteiger partial charge in [0.05, 0.1) is 11.1 Å². The first kappa shape index (κ1) is 16.3. The highest BCUT2D eigenvalue weighted by molar-refractivity contribution is 9.10. The Balaban J connectivity index is 1.60. The summed E-state index contributed by atoms with van der Waals surface area (Å²) in [5, 5.41) is 6.71. The predicted molar refractivity (Wildman–Crippen MR) is 94.5 cm³/mol. The highest BCUT2D eigenvalue weighted by Gasteiger charge is 2.10. The molecule has 5 nitrogen and oxygen atoms in total. The molecule has 0 aliphatic carbocycles. The number of nitrogens with zero attached hydrogens (tertiary/aromatic N) is 2. The van der Waals surface area contributed by atoms with E-state index in [2.05, 4.69) is 36.5 Å². The molecule has 0 fully saturated rings. The number of hydrogen-bond acceptors (Lipinski definition) is 4. The topological polar surface area (TPSA) is 66.9 Å². The lowest BCUT2D eigenvalue weighted by Crippen LogP contribution is -2.29. The second-order valence-electron chi connectivity index (χ2n) is 5.05. The monoisotopic (exact) mass is 388 g/mol. The van der Waals surface area contributed by atoms with Gasteiger partial charge in [-0.25, -0.2) is 14.4 Å². The maximum Gasteiger partial charge on any atom is 0.254 e. The van der Waals surface area contributed by atoms with Gasteiger partial charge in [-0.05, 0) is 30.3 Å². The Bertz CT molecular complexity index is 887. The molecule has 24 heavy (non-hydrogen) atoms. The van der Waals surface area contributed by atoms with Gasteiger partial charge in [0.25, 0.3) is 5.91 Å². The van der Waals surface area contributed by atoms with Crippen LogP contribution in [0.5, 0.6) is 0 Å². The van der Waals surface area contributed by atoms with E-state index < -0.39 is 11.7 Å². The van der Waals surface area contributed by atoms with Gasteiger partial charge in [0.1, 0.15) is 18.0 Å². The van der Waals surface area contributed by atoms with Crippen molar-refractivity contribution in [1.29, 1.82) is 0 Å². The van der Waals surface area contributed by atoms with Crippen LogP contribution >= 0.6 is 15.9 Å². The highest BCUT2D eigenvalue weighted by Crippen LogP contribution is 2.22. The predicted octanol–water partition coefficient (Wildman–Crippen LogP) is 3.37. The number of anilines is 1. The smallest absolute Gasteiger partial charge is 0.254 e. The number of carbonyl (C=O) groups is 1. The molecule has 2 aromatic carbocycles. The number of fused-ring (bicyclic) bond motifs is 1. The van der Waals surface area contributed by atoms with Crippen molar-refractivity contribution in [3.8, 4) is 0 Å². The zero-order valence-corrected chi connectivity index (χ0v) is 14.2. The summed E-state index contributed by atoms with van der Waals surface area (Å²) in [6.07, 6.45) is 1.48. The van der Waals surface area contributed by atoms with Crippen molar-refractivity contribution >= 4 is 38.6 Å². The number of rotatable bonds is 5. The van der Waals surface area contributed by atoms with Crippen LogP contribution in [0.25, 0.3) is 10.9 Å². The van der Waals surface area contributed by atoms with Crippen LogP contribution in [0.4, 0.5) is 10.2 Å². The van der Waals surface area contributed by atoms with Crippen molar-refractivity contribution in [2.45, 2.75) is 0 Å². The van der Waals surface area contributed by atoms with Crippen molar-refractivity contribution in [2.75, 3.05) is 18.4 Å². The highest BCUT2D eigenvalue weighted by atomic mass is 79.9. The maximum absolute atomic E-state index is 13.5. The van der Waals surface area contributed by atoms with Crippen molar-refractivity contribution < 1.29 is 9.18 Å². The molecular weight excluding hydrogens is 375 g/mol. The minimum Gasteiger partial charge on any atom is -0.368 e. The summed E-state index contributed by atoms with van der Waals surface area (Å²) in [5.41, 5.74) is 0.861. The molecule has 122 valence electrons. The van der Waals surface area contributed by atoms with Gasteiger partial charge in [-0.3, -0.25) is 4.79 Å². The average Bonchev–Trinajstić information content (AvgIpc) is 2.59. The fourth-order valence-corrected chi connectivity index (χ4v) is 2.63. The molecule has 1 aromatic heterocycles. The first-order chi connectivity index (χ1) is 11.6. The van der Waals surface area contributed by atoms with E-state index in [0.29, 0.717) is 18.9 Å². The number of carbonyl (C=O) groups excluding carboxylic acids is 1. The number of nitrogens with one attached hydrogen (secondary N) is 2. The fourth-order valence-electron chi connectivity index (χ4n) is 2.27. The lowest BCUT2D eigenvalue weighted by molar-refractivity contribution is 0.0951. The third-order valence-corrected chi connectivity index (χ3v) is 3.91. The molecule has 0 atom stereocenters. The third-order valence-electron chi connectivity index (χ3n) is 3.42. The summed E-state index contributed by atoms with van der Waals surface area (Å²) in [7, 11) is 0. The second-order valence-corrected chi connectivity index (χ2v) is 5.96. The van der Waals surface area contributed by atoms with Gasteiger partial charge in [-0.15, -0.1) is 0 Å². The summed E-state index contributed by atoms with van der Waals surface area (Å²) in [5.74, 6) is -0.291. The van der Waals surface area contributed by atoms with Gasteiger partial charge >= 0.3 is 0 Å². The molecule has 0 bridgehead atoms. The maximum atomic E-state index is 13.5. The Morgan fingerprint density at radius 3 is 2.79 bits per heavy atom. The van der Waals surface area contributed by atoms with Crippen molar-refractivity contribution in [3.05, 3.63) is 64.6 Å². The minimum atomic E-state index is -0.533. The van der Waals surface area contributed by atoms with Crippen molar-refractivity contribution in [2.24, 2.45) is 0 Å². The molecule has 3 rings (SSSR count). The molecule has 0 spiro atoms. The molecule has 3 aromatic rings. The Morgan fingerprint density at radius 2 is 1.96 bits per heavy atom. The van der Waals surface area contributed by atoms with Crippen LogP contribution in [0.3, 0.4) is 0 Å². The molecule has 7 heteroatoms. The summed E-state index contributed by atoms with van der Waals surface area (Å²) < 4.78 is 14.5. The van der Waals surface area contributed by atoms with E-state index in [0.717, 1.165) is 15.4 Å². The van der Waals surface area contributed by atoms with Gasteiger partial charge in [0, 0.05) is 22.9 Å². The number of benzene rings is 2. The molecule has 0 unspecified atom stereocenters. The van der Waals surface area contributed by atoms with Crippen LogP contribution in [0, 0.1) is 5.82 Å². The molecule has 0 radical (unpaired) electrons. The molecule has 0 aliphatic heterocycles. The fraction of sp³-hybridized carbons (Fsp3) is 0.118. The molecule has 0 aliphatic rings. The van der Waals surface area contributed by atoms with Gasteiger partial charge in [-0.2, -0.15) is 0 Å². The number of halogens is 2. The van der Waals surface area contributed by atoms with Crippen molar-refractivity contribution in [1.82, 2.24) is 15.3 Å². The summed E-state index contributed by atoms with van der Waals surface area (Å²) in [4.78, 5) is 20.3. The van der Waals surface area contributed by atoms with E-state index in [-0.39, 0.29) is 5.56 Å². The van der Waals surface area contributed by atoms with Gasteiger partial charge in [0.2, 0.25) is 0 Å². The quantitative estimate of drug-likeness (QED) is 0.657. The number of amides is 1. The molecule has 0 saturated heterocycles. The Hall–Kier alpha value is -2.54. The normalized spacial score (nSPS) is 10.6. The lowest BCUT2D eigenvalue weighted by atomic mass is 10.2. The minimum absolute atomic E-state index is 0.0360. The van der Waals surface area contributed by atoms with Gasteiger partial charge < -0.3 is 10.6 Å². The zero-order valence-electron chi connectivity index (χ0n) is 12.6. The summed E-state index contributed by atoms with van der Waals surface area (Å²) >= 11 is 3.42. The molecule has 1 heterocycles. The van der Waals surface area contributed by atoms with Gasteiger partial charge in [0.15, 0.2) is 0 Å². The van der Waals surface area contributed by atoms with Crippen LogP contribution in [-0.4, -0.2) is 29.0 Å². The van der Waals surface area contributed by atoms with Crippen LogP contribution in [-0.2, 0) is 0 Å². The molecule has 0 saturated carbocycles. The van der Waals surface area contributed by atoms with E-state index >= 15 is 0 Å². The largest absolute Gasteiger partial charge is 0.368 e. The van der Waals surface area contributed by atoms with E-state index in [1.165, 1.54) is 18.5 Å². The van der Waals surface area contributed by atoms with Crippen LogP contribution in [0.2, 0.25) is 0 Å². The average molecular weight is 389 g/mol. The third kappa shape index (κ3) is 3.68. The van der Waals surface area contributed by atoms with E-state index in [4.69, 9.17) is 0 Å². The van der Waals surface area contributed by atoms with E-state index in [1.807, 2.05) is 18.2 Å². The van der Waals surface area contributed by atoms with Crippen LogP contribution in [0.15, 0.2) is 53.3 Å². The zero-order chi connectivity index (χ0) is 16.9. The van der Waals surface area contributed by atoms with E-state index in [9.17, 15) is 9.18 Å². The van der Waals surface area contributed by atoms with Crippen LogP contribution < -0.4 is 10.6 Å². The van der Waals surface area contributed by atoms with Crippen LogP contribution in [0.1, 0.15) is 10.4 Å². The lowest BCUT2D eigenvalue weighted by Gasteiger charge is -2.10. The first-order valence-corrected chi connectivity index (χ1v) is 8.11. The molecule has 2 N–H and O–H groups in total. The Kier molecular flexibility index (Phi) is 5.00. The summed E-state index contributed by atoms with van der Waals surface area (Å²) in [6, 6.07) is 11.6. The van der Waals surface area contributed by atoms with E-state index in [1.54, 1.807) is 12.1 Å². The Morgan fingerprint density at radius 1 is 1.12 bits per heavy atom. The summed E-state index contributed by atoms with van der Waals surface area (Å²) in [6.45, 7) is 0.797. The standard InChI is InChI=1S/C17H14BrFN4O/c18-11-5-6-15-13(9-11)16(23-10-22-15)20-7-8-21-17(24)12-3-1-2-4-14(12)19/h1-6,9-10H,7-8H2,(H,21,24)(H,20,22,23). The number of hydrogen-bond donors (Lipinski definition) is 2. The van der Waals surface area contributed by atoms with Crippen molar-refractivity contribution in [3.63, 3.8) is 0 Å².